The lowest BCUT2D eigenvalue weighted by molar-refractivity contribution is 0.179. The van der Waals surface area contributed by atoms with E-state index < -0.39 is 0 Å². The van der Waals surface area contributed by atoms with Crippen molar-refractivity contribution in [2.24, 2.45) is 5.10 Å². The molecule has 0 unspecified atom stereocenters. The van der Waals surface area contributed by atoms with Gasteiger partial charge in [-0.1, -0.05) is 11.6 Å². The maximum absolute atomic E-state index is 5.86. The molecule has 4 nitrogen and oxygen atoms in total. The van der Waals surface area contributed by atoms with Crippen LogP contribution in [-0.2, 0) is 4.74 Å². The third kappa shape index (κ3) is 5.30. The fourth-order valence-corrected chi connectivity index (χ4v) is 2.48. The molecule has 7 heteroatoms. The lowest BCUT2D eigenvalue weighted by atomic mass is 10.3. The monoisotopic (exact) mass is 305 g/mol. The highest BCUT2D eigenvalue weighted by atomic mass is 35.5. The zero-order valence-electron chi connectivity index (χ0n) is 10.5. The van der Waals surface area contributed by atoms with Crippen molar-refractivity contribution in [3.05, 3.63) is 21.3 Å². The Hall–Kier alpha value is -0.690. The molecule has 0 aromatic carbocycles. The standard InChI is InChI=1S/C11H16ClN3OS2/c1-7(6-16-3)13-11(17)15-14-8(2)9-4-5-10(12)18-9/h4-5,7H,6H2,1-3H3,(H2,13,15,17)/b14-8-/t7-/m0/s1. The van der Waals surface area contributed by atoms with Crippen LogP contribution in [0.25, 0.3) is 0 Å². The van der Waals surface area contributed by atoms with Crippen LogP contribution >= 0.6 is 35.2 Å². The molecule has 0 saturated carbocycles. The van der Waals surface area contributed by atoms with E-state index in [2.05, 4.69) is 15.8 Å². The van der Waals surface area contributed by atoms with Crippen LogP contribution in [0, 0.1) is 0 Å². The van der Waals surface area contributed by atoms with Gasteiger partial charge in [-0.2, -0.15) is 5.10 Å². The summed E-state index contributed by atoms with van der Waals surface area (Å²) in [5, 5.41) is 7.73. The maximum atomic E-state index is 5.86. The first-order valence-electron chi connectivity index (χ1n) is 5.38. The predicted octanol–water partition coefficient (Wildman–Crippen LogP) is 2.62. The zero-order chi connectivity index (χ0) is 13.5. The number of rotatable bonds is 5. The summed E-state index contributed by atoms with van der Waals surface area (Å²) in [6, 6.07) is 3.91. The van der Waals surface area contributed by atoms with E-state index in [1.54, 1.807) is 7.11 Å². The molecule has 0 radical (unpaired) electrons. The normalized spacial score (nSPS) is 13.2. The number of hydrogen-bond donors (Lipinski definition) is 2. The van der Waals surface area contributed by atoms with E-state index in [4.69, 9.17) is 28.6 Å². The molecule has 0 spiro atoms. The smallest absolute Gasteiger partial charge is 0.187 e. The molecule has 0 aliphatic heterocycles. The van der Waals surface area contributed by atoms with E-state index in [-0.39, 0.29) is 6.04 Å². The number of halogens is 1. The van der Waals surface area contributed by atoms with Gasteiger partial charge in [-0.25, -0.2) is 0 Å². The molecule has 1 rings (SSSR count). The van der Waals surface area contributed by atoms with E-state index in [1.165, 1.54) is 11.3 Å². The molecule has 2 N–H and O–H groups in total. The summed E-state index contributed by atoms with van der Waals surface area (Å²) in [5.74, 6) is 0. The Labute approximate surface area is 121 Å². The SMILES string of the molecule is COC[C@H](C)NC(=S)N/N=C(/C)c1ccc(Cl)s1. The van der Waals surface area contributed by atoms with Crippen LogP contribution in [0.2, 0.25) is 4.34 Å². The highest BCUT2D eigenvalue weighted by Gasteiger charge is 2.04. The van der Waals surface area contributed by atoms with Gasteiger partial charge in [0.25, 0.3) is 0 Å². The molecule has 0 aliphatic rings. The van der Waals surface area contributed by atoms with Crippen molar-refractivity contribution in [2.45, 2.75) is 19.9 Å². The van der Waals surface area contributed by atoms with Gasteiger partial charge < -0.3 is 10.1 Å². The predicted molar refractivity (Wildman–Crippen MR) is 81.7 cm³/mol. The van der Waals surface area contributed by atoms with E-state index in [9.17, 15) is 0 Å². The van der Waals surface area contributed by atoms with Gasteiger partial charge in [-0.15, -0.1) is 11.3 Å². The number of thiocarbonyl (C=S) groups is 1. The first-order chi connectivity index (χ1) is 8.52. The van der Waals surface area contributed by atoms with Gasteiger partial charge in [0.2, 0.25) is 0 Å². The third-order valence-electron chi connectivity index (χ3n) is 2.05. The van der Waals surface area contributed by atoms with Crippen molar-refractivity contribution < 1.29 is 4.74 Å². The fourth-order valence-electron chi connectivity index (χ4n) is 1.25. The van der Waals surface area contributed by atoms with Crippen LogP contribution in [0.5, 0.6) is 0 Å². The molecule has 1 heterocycles. The minimum Gasteiger partial charge on any atom is -0.383 e. The molecule has 0 amide bonds. The van der Waals surface area contributed by atoms with Crippen molar-refractivity contribution in [1.82, 2.24) is 10.7 Å². The molecule has 0 bridgehead atoms. The van der Waals surface area contributed by atoms with Gasteiger partial charge in [0.15, 0.2) is 5.11 Å². The number of hydrogen-bond acceptors (Lipinski definition) is 4. The first-order valence-corrected chi connectivity index (χ1v) is 6.98. The van der Waals surface area contributed by atoms with Crippen LogP contribution in [0.4, 0.5) is 0 Å². The van der Waals surface area contributed by atoms with Gasteiger partial charge in [0.05, 0.1) is 21.5 Å². The van der Waals surface area contributed by atoms with E-state index >= 15 is 0 Å². The second-order valence-corrected chi connectivity index (χ2v) is 5.87. The molecule has 100 valence electrons. The highest BCUT2D eigenvalue weighted by Crippen LogP contribution is 2.21. The zero-order valence-corrected chi connectivity index (χ0v) is 12.9. The fraction of sp³-hybridized carbons (Fsp3) is 0.455. The van der Waals surface area contributed by atoms with Gasteiger partial charge in [-0.3, -0.25) is 5.43 Å². The molecule has 0 fully saturated rings. The Morgan fingerprint density at radius 3 is 2.89 bits per heavy atom. The number of methoxy groups -OCH3 is 1. The lowest BCUT2D eigenvalue weighted by Crippen LogP contribution is -2.40. The minimum absolute atomic E-state index is 0.140. The average molecular weight is 306 g/mol. The van der Waals surface area contributed by atoms with Crippen molar-refractivity contribution in [1.29, 1.82) is 0 Å². The second kappa shape index (κ2) is 7.68. The van der Waals surface area contributed by atoms with Crippen LogP contribution in [0.15, 0.2) is 17.2 Å². The Morgan fingerprint density at radius 2 is 2.33 bits per heavy atom. The summed E-state index contributed by atoms with van der Waals surface area (Å²) in [6.45, 7) is 4.47. The summed E-state index contributed by atoms with van der Waals surface area (Å²) in [4.78, 5) is 1.01. The summed E-state index contributed by atoms with van der Waals surface area (Å²) in [6.07, 6.45) is 0. The topological polar surface area (TPSA) is 45.6 Å². The van der Waals surface area contributed by atoms with Crippen LogP contribution < -0.4 is 10.7 Å². The molecule has 18 heavy (non-hydrogen) atoms. The number of nitrogens with one attached hydrogen (secondary N) is 2. The van der Waals surface area contributed by atoms with Gasteiger partial charge >= 0.3 is 0 Å². The highest BCUT2D eigenvalue weighted by molar-refractivity contribution is 7.80. The number of thiophene rings is 1. The van der Waals surface area contributed by atoms with Gasteiger partial charge in [0, 0.05) is 13.2 Å². The molecule has 0 aliphatic carbocycles. The van der Waals surface area contributed by atoms with Gasteiger partial charge in [-0.05, 0) is 38.2 Å². The lowest BCUT2D eigenvalue weighted by Gasteiger charge is -2.14. The average Bonchev–Trinajstić information content (AvgIpc) is 2.73. The summed E-state index contributed by atoms with van der Waals surface area (Å²) in [7, 11) is 1.65. The number of hydrazone groups is 1. The molecular formula is C11H16ClN3OS2. The van der Waals surface area contributed by atoms with E-state index in [0.29, 0.717) is 11.7 Å². The van der Waals surface area contributed by atoms with Crippen LogP contribution in [0.3, 0.4) is 0 Å². The Bertz CT molecular complexity index is 434. The third-order valence-corrected chi connectivity index (χ3v) is 3.60. The Balaban J connectivity index is 2.46. The molecule has 1 atom stereocenters. The van der Waals surface area contributed by atoms with Crippen molar-refractivity contribution >= 4 is 46.0 Å². The van der Waals surface area contributed by atoms with E-state index in [0.717, 1.165) is 14.9 Å². The Kier molecular flexibility index (Phi) is 6.56. The quantitative estimate of drug-likeness (QED) is 0.499. The number of nitrogens with zero attached hydrogens (tertiary/aromatic N) is 1. The minimum atomic E-state index is 0.140. The van der Waals surface area contributed by atoms with Gasteiger partial charge in [0.1, 0.15) is 0 Å². The molecular weight excluding hydrogens is 290 g/mol. The van der Waals surface area contributed by atoms with E-state index in [1.807, 2.05) is 26.0 Å². The van der Waals surface area contributed by atoms with Crippen LogP contribution in [-0.4, -0.2) is 30.6 Å². The molecule has 1 aromatic rings. The molecule has 0 saturated heterocycles. The van der Waals surface area contributed by atoms with Crippen molar-refractivity contribution in [2.75, 3.05) is 13.7 Å². The number of ether oxygens (including phenoxy) is 1. The summed E-state index contributed by atoms with van der Waals surface area (Å²) in [5.41, 5.74) is 3.64. The second-order valence-electron chi connectivity index (χ2n) is 3.74. The first kappa shape index (κ1) is 15.4. The van der Waals surface area contributed by atoms with Crippen molar-refractivity contribution in [3.63, 3.8) is 0 Å². The Morgan fingerprint density at radius 1 is 1.61 bits per heavy atom. The summed E-state index contributed by atoms with van der Waals surface area (Å²) < 4.78 is 5.75. The molecule has 1 aromatic heterocycles. The maximum Gasteiger partial charge on any atom is 0.187 e. The summed E-state index contributed by atoms with van der Waals surface area (Å²) >= 11 is 12.5. The largest absolute Gasteiger partial charge is 0.383 e. The van der Waals surface area contributed by atoms with Crippen LogP contribution in [0.1, 0.15) is 18.7 Å². The van der Waals surface area contributed by atoms with Crippen molar-refractivity contribution in [3.8, 4) is 0 Å².